The molecule has 3 aliphatic carbocycles. The molecule has 11 atom stereocenters. The zero-order chi connectivity index (χ0) is 28.3. The lowest BCUT2D eigenvalue weighted by molar-refractivity contribution is -0.152. The first-order valence-electron chi connectivity index (χ1n) is 15.6. The summed E-state index contributed by atoms with van der Waals surface area (Å²) in [5.41, 5.74) is 0. The van der Waals surface area contributed by atoms with E-state index in [0.29, 0.717) is 47.4 Å². The van der Waals surface area contributed by atoms with Gasteiger partial charge in [0.15, 0.2) is 5.76 Å². The van der Waals surface area contributed by atoms with Crippen LogP contribution in [0.4, 0.5) is 0 Å². The highest BCUT2D eigenvalue weighted by molar-refractivity contribution is 5.85. The summed E-state index contributed by atoms with van der Waals surface area (Å²) in [5.74, 6) is 3.12. The Bertz CT molecular complexity index is 884. The van der Waals surface area contributed by atoms with Crippen LogP contribution in [0.2, 0.25) is 0 Å². The Labute approximate surface area is 235 Å². The number of ether oxygens (including phenoxy) is 4. The SMILES string of the molecule is CCC1C2C(=O)[C@H](C)CCCC[C@H](CC)OC(=O)C[C@H]2[C@@H]2CCC3C[C@@H](O[C@H](O)/C(OC)=C(/C)OC)C[C@H]3C12. The second kappa shape index (κ2) is 13.4. The van der Waals surface area contributed by atoms with Crippen LogP contribution in [0.25, 0.3) is 0 Å². The number of esters is 1. The molecule has 222 valence electrons. The monoisotopic (exact) mass is 548 g/mol. The number of fused-ring (bicyclic) bond motifs is 5. The highest BCUT2D eigenvalue weighted by atomic mass is 16.6. The second-order valence-electron chi connectivity index (χ2n) is 12.7. The number of methoxy groups -OCH3 is 2. The predicted molar refractivity (Wildman–Crippen MR) is 148 cm³/mol. The summed E-state index contributed by atoms with van der Waals surface area (Å²) in [4.78, 5) is 27.3. The van der Waals surface area contributed by atoms with Crippen LogP contribution in [0.15, 0.2) is 11.5 Å². The molecule has 0 radical (unpaired) electrons. The van der Waals surface area contributed by atoms with Gasteiger partial charge in [-0.15, -0.1) is 0 Å². The van der Waals surface area contributed by atoms with Gasteiger partial charge >= 0.3 is 5.97 Å². The van der Waals surface area contributed by atoms with E-state index in [2.05, 4.69) is 20.8 Å². The molecular weight excluding hydrogens is 496 g/mol. The maximum Gasteiger partial charge on any atom is 0.306 e. The third-order valence-electron chi connectivity index (χ3n) is 10.8. The lowest BCUT2D eigenvalue weighted by Gasteiger charge is -2.40. The van der Waals surface area contributed by atoms with Crippen LogP contribution in [0.3, 0.4) is 0 Å². The van der Waals surface area contributed by atoms with E-state index < -0.39 is 6.29 Å². The molecule has 0 aromatic heterocycles. The fourth-order valence-corrected chi connectivity index (χ4v) is 8.95. The van der Waals surface area contributed by atoms with E-state index in [1.165, 1.54) is 7.11 Å². The minimum absolute atomic E-state index is 0.0109. The minimum Gasteiger partial charge on any atom is -0.498 e. The third-order valence-corrected chi connectivity index (χ3v) is 10.8. The lowest BCUT2D eigenvalue weighted by Crippen LogP contribution is -2.34. The Balaban J connectivity index is 1.57. The molecule has 7 heteroatoms. The summed E-state index contributed by atoms with van der Waals surface area (Å²) in [5, 5.41) is 10.8. The number of allylic oxidation sites excluding steroid dienone is 1. The number of aliphatic hydroxyl groups is 1. The Morgan fingerprint density at radius 2 is 1.72 bits per heavy atom. The molecule has 0 bridgehead atoms. The van der Waals surface area contributed by atoms with Crippen molar-refractivity contribution in [3.8, 4) is 0 Å². The van der Waals surface area contributed by atoms with E-state index in [4.69, 9.17) is 18.9 Å². The molecule has 1 heterocycles. The zero-order valence-electron chi connectivity index (χ0n) is 25.0. The largest absolute Gasteiger partial charge is 0.498 e. The molecule has 1 N–H and O–H groups in total. The number of Topliss-reactive ketones (excluding diaryl/α,β-unsaturated/α-hetero) is 1. The number of rotatable bonds is 7. The van der Waals surface area contributed by atoms with Crippen LogP contribution >= 0.6 is 0 Å². The molecule has 4 aliphatic rings. The van der Waals surface area contributed by atoms with Crippen molar-refractivity contribution in [1.82, 2.24) is 0 Å². The number of ketones is 1. The number of carbonyl (C=O) groups is 2. The van der Waals surface area contributed by atoms with Gasteiger partial charge in [-0.25, -0.2) is 0 Å². The van der Waals surface area contributed by atoms with Gasteiger partial charge in [-0.3, -0.25) is 9.59 Å². The van der Waals surface area contributed by atoms with Crippen LogP contribution in [0.1, 0.15) is 98.3 Å². The third kappa shape index (κ3) is 6.34. The quantitative estimate of drug-likeness (QED) is 0.236. The van der Waals surface area contributed by atoms with Crippen LogP contribution in [-0.4, -0.2) is 49.6 Å². The minimum atomic E-state index is -1.17. The maximum absolute atomic E-state index is 14.0. The molecule has 0 aromatic carbocycles. The van der Waals surface area contributed by atoms with Gasteiger partial charge in [-0.1, -0.05) is 33.6 Å². The van der Waals surface area contributed by atoms with E-state index in [1.807, 2.05) is 0 Å². The molecule has 1 saturated heterocycles. The Hall–Kier alpha value is -1.60. The Kier molecular flexibility index (Phi) is 10.4. The molecule has 0 spiro atoms. The highest BCUT2D eigenvalue weighted by Crippen LogP contribution is 2.62. The maximum atomic E-state index is 14.0. The van der Waals surface area contributed by atoms with Crippen molar-refractivity contribution in [2.75, 3.05) is 14.2 Å². The topological polar surface area (TPSA) is 91.3 Å². The summed E-state index contributed by atoms with van der Waals surface area (Å²) in [6.07, 6.45) is 8.65. The highest BCUT2D eigenvalue weighted by Gasteiger charge is 2.59. The molecule has 39 heavy (non-hydrogen) atoms. The van der Waals surface area contributed by atoms with Gasteiger partial charge in [0.2, 0.25) is 6.29 Å². The van der Waals surface area contributed by atoms with Crippen LogP contribution in [0, 0.1) is 47.3 Å². The van der Waals surface area contributed by atoms with Gasteiger partial charge in [-0.05, 0) is 93.8 Å². The van der Waals surface area contributed by atoms with Crippen molar-refractivity contribution < 1.29 is 33.6 Å². The first-order valence-corrected chi connectivity index (χ1v) is 15.6. The number of carbonyl (C=O) groups excluding carboxylic acids is 2. The molecule has 0 aromatic rings. The van der Waals surface area contributed by atoms with Crippen molar-refractivity contribution in [2.45, 2.75) is 117 Å². The van der Waals surface area contributed by atoms with Gasteiger partial charge in [-0.2, -0.15) is 0 Å². The van der Waals surface area contributed by atoms with E-state index in [1.54, 1.807) is 14.0 Å². The predicted octanol–water partition coefficient (Wildman–Crippen LogP) is 6.03. The molecule has 7 nitrogen and oxygen atoms in total. The molecule has 3 saturated carbocycles. The van der Waals surface area contributed by atoms with E-state index in [0.717, 1.165) is 64.2 Å². The van der Waals surface area contributed by atoms with Crippen LogP contribution in [-0.2, 0) is 28.5 Å². The van der Waals surface area contributed by atoms with Crippen molar-refractivity contribution in [2.24, 2.45) is 47.3 Å². The van der Waals surface area contributed by atoms with Gasteiger partial charge < -0.3 is 24.1 Å². The summed E-state index contributed by atoms with van der Waals surface area (Å²) >= 11 is 0. The standard InChI is InChI=1S/C32H52O7/c1-7-21-12-10-9-11-18(3)30(34)29-23(8-2)28-24(26(29)17-27(33)38-21)14-13-20-15-22(16-25(20)28)39-32(35)31(37-6)19(4)36-5/h18,20-26,28-29,32,35H,7-17H2,1-6H3/b31-19+/t18-,20?,21+,22-,23?,24+,25-,26+,28?,29?,32+/m1/s1. The summed E-state index contributed by atoms with van der Waals surface area (Å²) in [7, 11) is 3.06. The van der Waals surface area contributed by atoms with Gasteiger partial charge in [0.25, 0.3) is 0 Å². The van der Waals surface area contributed by atoms with Gasteiger partial charge in [0.1, 0.15) is 17.6 Å². The Morgan fingerprint density at radius 3 is 2.38 bits per heavy atom. The summed E-state index contributed by atoms with van der Waals surface area (Å²) in [6.45, 7) is 8.18. The average Bonchev–Trinajstić information content (AvgIpc) is 3.47. The van der Waals surface area contributed by atoms with E-state index >= 15 is 0 Å². The van der Waals surface area contributed by atoms with E-state index in [-0.39, 0.29) is 41.8 Å². The fourth-order valence-electron chi connectivity index (χ4n) is 8.95. The lowest BCUT2D eigenvalue weighted by atomic mass is 9.65. The zero-order valence-corrected chi connectivity index (χ0v) is 25.0. The number of hydrogen-bond acceptors (Lipinski definition) is 7. The molecular formula is C32H52O7. The molecule has 4 unspecified atom stereocenters. The number of hydrogen-bond donors (Lipinski definition) is 1. The van der Waals surface area contributed by atoms with Crippen LogP contribution in [0.5, 0.6) is 0 Å². The molecule has 1 aliphatic heterocycles. The normalized spacial score (nSPS) is 40.7. The smallest absolute Gasteiger partial charge is 0.306 e. The fraction of sp³-hybridized carbons (Fsp3) is 0.875. The molecule has 4 rings (SSSR count). The van der Waals surface area contributed by atoms with Crippen molar-refractivity contribution in [3.63, 3.8) is 0 Å². The van der Waals surface area contributed by atoms with Crippen LogP contribution < -0.4 is 0 Å². The molecule has 4 fully saturated rings. The van der Waals surface area contributed by atoms with E-state index in [9.17, 15) is 14.7 Å². The number of cyclic esters (lactones) is 1. The second-order valence-corrected chi connectivity index (χ2v) is 12.7. The van der Waals surface area contributed by atoms with Crippen molar-refractivity contribution in [1.29, 1.82) is 0 Å². The first-order chi connectivity index (χ1) is 18.7. The summed E-state index contributed by atoms with van der Waals surface area (Å²) < 4.78 is 22.8. The first kappa shape index (κ1) is 30.4. The van der Waals surface area contributed by atoms with Crippen molar-refractivity contribution >= 4 is 11.8 Å². The van der Waals surface area contributed by atoms with Crippen molar-refractivity contribution in [3.05, 3.63) is 11.5 Å². The average molecular weight is 549 g/mol. The molecule has 0 amide bonds. The van der Waals surface area contributed by atoms with Gasteiger partial charge in [0, 0.05) is 18.3 Å². The summed E-state index contributed by atoms with van der Waals surface area (Å²) in [6, 6.07) is 0. The van der Waals surface area contributed by atoms with Gasteiger partial charge in [0.05, 0.1) is 20.3 Å². The number of aliphatic hydroxyl groups excluding tert-OH is 1. The Morgan fingerprint density at radius 1 is 0.974 bits per heavy atom.